The summed E-state index contributed by atoms with van der Waals surface area (Å²) >= 11 is 5.76. The molecule has 0 fully saturated rings. The summed E-state index contributed by atoms with van der Waals surface area (Å²) in [5, 5.41) is 9.61. The van der Waals surface area contributed by atoms with E-state index in [2.05, 4.69) is 0 Å². The fourth-order valence-corrected chi connectivity index (χ4v) is 1.47. The Balaban J connectivity index is 3.05. The van der Waals surface area contributed by atoms with Crippen LogP contribution in [0, 0.1) is 0 Å². The molecule has 1 aromatic rings. The van der Waals surface area contributed by atoms with Crippen LogP contribution in [0.3, 0.4) is 0 Å². The predicted octanol–water partition coefficient (Wildman–Crippen LogP) is 2.41. The van der Waals surface area contributed by atoms with Gasteiger partial charge in [-0.15, -0.1) is 0 Å². The maximum absolute atomic E-state index is 12.1. The third-order valence-electron chi connectivity index (χ3n) is 2.12. The molecule has 15 heavy (non-hydrogen) atoms. The third-order valence-corrected chi connectivity index (χ3v) is 2.41. The van der Waals surface area contributed by atoms with E-state index in [-0.39, 0.29) is 22.9 Å². The lowest BCUT2D eigenvalue weighted by molar-refractivity contribution is 0.372. The molecule has 5 heteroatoms. The number of aromatic hydroxyl groups is 1. The quantitative estimate of drug-likeness (QED) is 0.840. The molecule has 0 heterocycles. The summed E-state index contributed by atoms with van der Waals surface area (Å²) in [5.74, 6) is 0.113. The van der Waals surface area contributed by atoms with Gasteiger partial charge in [0.05, 0.1) is 18.8 Å². The highest BCUT2D eigenvalue weighted by Crippen LogP contribution is 2.36. The molecule has 1 rings (SSSR count). The first-order valence-electron chi connectivity index (χ1n) is 4.48. The van der Waals surface area contributed by atoms with Crippen LogP contribution in [0.4, 0.5) is 4.39 Å². The van der Waals surface area contributed by atoms with Crippen molar-refractivity contribution < 1.29 is 14.2 Å². The highest BCUT2D eigenvalue weighted by atomic mass is 35.5. The Morgan fingerprint density at radius 1 is 1.60 bits per heavy atom. The molecule has 0 saturated carbocycles. The van der Waals surface area contributed by atoms with Crippen molar-refractivity contribution in [3.8, 4) is 11.5 Å². The largest absolute Gasteiger partial charge is 0.503 e. The molecule has 0 aliphatic rings. The highest BCUT2D eigenvalue weighted by molar-refractivity contribution is 6.32. The minimum atomic E-state index is -0.498. The van der Waals surface area contributed by atoms with Gasteiger partial charge in [-0.25, -0.2) is 0 Å². The smallest absolute Gasteiger partial charge is 0.176 e. The van der Waals surface area contributed by atoms with Crippen molar-refractivity contribution in [1.29, 1.82) is 0 Å². The number of alkyl halides is 1. The minimum Gasteiger partial charge on any atom is -0.503 e. The van der Waals surface area contributed by atoms with Crippen LogP contribution >= 0.6 is 11.6 Å². The number of nitrogens with two attached hydrogens (primary N) is 1. The van der Waals surface area contributed by atoms with Gasteiger partial charge in [0.25, 0.3) is 0 Å². The van der Waals surface area contributed by atoms with E-state index in [1.165, 1.54) is 13.2 Å². The van der Waals surface area contributed by atoms with E-state index >= 15 is 0 Å². The number of halogens is 2. The van der Waals surface area contributed by atoms with Gasteiger partial charge in [0.2, 0.25) is 0 Å². The summed E-state index contributed by atoms with van der Waals surface area (Å²) in [5.41, 5.74) is 6.36. The summed E-state index contributed by atoms with van der Waals surface area (Å²) in [6.07, 6.45) is 0.213. The zero-order valence-electron chi connectivity index (χ0n) is 8.34. The van der Waals surface area contributed by atoms with Crippen LogP contribution in [-0.2, 0) is 0 Å². The number of rotatable bonds is 4. The van der Waals surface area contributed by atoms with Crippen LogP contribution in [0.15, 0.2) is 12.1 Å². The van der Waals surface area contributed by atoms with Crippen molar-refractivity contribution in [2.24, 2.45) is 5.73 Å². The molecule has 0 saturated heterocycles. The van der Waals surface area contributed by atoms with Gasteiger partial charge in [0.15, 0.2) is 11.5 Å². The number of benzene rings is 1. The number of phenols is 1. The van der Waals surface area contributed by atoms with Crippen LogP contribution in [0.5, 0.6) is 11.5 Å². The number of phenolic OH excluding ortho intramolecular Hbond substituents is 1. The monoisotopic (exact) mass is 233 g/mol. The van der Waals surface area contributed by atoms with Crippen LogP contribution in [0.25, 0.3) is 0 Å². The average molecular weight is 234 g/mol. The molecular weight excluding hydrogens is 221 g/mol. The normalized spacial score (nSPS) is 12.5. The summed E-state index contributed by atoms with van der Waals surface area (Å²) in [6.45, 7) is -0.498. The molecule has 1 aromatic carbocycles. The second-order valence-corrected chi connectivity index (χ2v) is 3.54. The third kappa shape index (κ3) is 2.73. The first-order chi connectivity index (χ1) is 7.10. The predicted molar refractivity (Wildman–Crippen MR) is 57.2 cm³/mol. The lowest BCUT2D eigenvalue weighted by atomic mass is 10.0. The first kappa shape index (κ1) is 12.1. The van der Waals surface area contributed by atoms with E-state index in [0.717, 1.165) is 0 Å². The van der Waals surface area contributed by atoms with Crippen LogP contribution in [0.1, 0.15) is 18.0 Å². The lowest BCUT2D eigenvalue weighted by Crippen LogP contribution is -2.11. The van der Waals surface area contributed by atoms with Gasteiger partial charge < -0.3 is 15.6 Å². The van der Waals surface area contributed by atoms with E-state index in [1.54, 1.807) is 6.07 Å². The molecule has 0 amide bonds. The Morgan fingerprint density at radius 2 is 2.27 bits per heavy atom. The van der Waals surface area contributed by atoms with Crippen molar-refractivity contribution in [3.63, 3.8) is 0 Å². The van der Waals surface area contributed by atoms with Gasteiger partial charge in [0, 0.05) is 6.04 Å². The van der Waals surface area contributed by atoms with Gasteiger partial charge in [0.1, 0.15) is 0 Å². The standard InChI is InChI=1S/C10H13ClFNO2/c1-15-9-5-6(8(13)2-3-12)4-7(11)10(9)14/h4-5,8,14H,2-3,13H2,1H3/t8-/m0/s1. The molecule has 0 unspecified atom stereocenters. The number of hydrogen-bond acceptors (Lipinski definition) is 3. The Morgan fingerprint density at radius 3 is 2.80 bits per heavy atom. The molecule has 0 aromatic heterocycles. The number of methoxy groups -OCH3 is 1. The lowest BCUT2D eigenvalue weighted by Gasteiger charge is -2.13. The summed E-state index contributed by atoms with van der Waals surface area (Å²) in [4.78, 5) is 0. The van der Waals surface area contributed by atoms with E-state index in [1.807, 2.05) is 0 Å². The van der Waals surface area contributed by atoms with E-state index < -0.39 is 12.7 Å². The first-order valence-corrected chi connectivity index (χ1v) is 4.86. The molecule has 3 N–H and O–H groups in total. The topological polar surface area (TPSA) is 55.5 Å². The average Bonchev–Trinajstić information content (AvgIpc) is 2.22. The highest BCUT2D eigenvalue weighted by Gasteiger charge is 2.13. The zero-order valence-corrected chi connectivity index (χ0v) is 9.09. The van der Waals surface area contributed by atoms with Gasteiger partial charge in [-0.3, -0.25) is 4.39 Å². The number of ether oxygens (including phenoxy) is 1. The van der Waals surface area contributed by atoms with Crippen molar-refractivity contribution >= 4 is 11.6 Å². The van der Waals surface area contributed by atoms with Crippen molar-refractivity contribution in [1.82, 2.24) is 0 Å². The molecule has 0 aliphatic heterocycles. The fraction of sp³-hybridized carbons (Fsp3) is 0.400. The molecule has 84 valence electrons. The minimum absolute atomic E-state index is 0.129. The SMILES string of the molecule is COc1cc([C@@H](N)CCF)cc(Cl)c1O. The second-order valence-electron chi connectivity index (χ2n) is 3.14. The fourth-order valence-electron chi connectivity index (χ4n) is 1.25. The van der Waals surface area contributed by atoms with Gasteiger partial charge >= 0.3 is 0 Å². The van der Waals surface area contributed by atoms with Crippen LogP contribution in [0.2, 0.25) is 5.02 Å². The van der Waals surface area contributed by atoms with Crippen LogP contribution < -0.4 is 10.5 Å². The molecule has 0 aliphatic carbocycles. The Hall–Kier alpha value is -1.00. The number of hydrogen-bond donors (Lipinski definition) is 2. The molecule has 3 nitrogen and oxygen atoms in total. The maximum Gasteiger partial charge on any atom is 0.176 e. The summed E-state index contributed by atoms with van der Waals surface area (Å²) in [7, 11) is 1.41. The Labute approximate surface area is 92.6 Å². The van der Waals surface area contributed by atoms with E-state index in [4.69, 9.17) is 22.1 Å². The van der Waals surface area contributed by atoms with Gasteiger partial charge in [-0.05, 0) is 24.1 Å². The van der Waals surface area contributed by atoms with E-state index in [9.17, 15) is 9.50 Å². The van der Waals surface area contributed by atoms with Crippen molar-refractivity contribution in [3.05, 3.63) is 22.7 Å². The maximum atomic E-state index is 12.1. The van der Waals surface area contributed by atoms with Crippen LogP contribution in [-0.4, -0.2) is 18.9 Å². The molecule has 0 spiro atoms. The molecular formula is C10H13ClFNO2. The molecule has 1 atom stereocenters. The van der Waals surface area contributed by atoms with E-state index in [0.29, 0.717) is 5.56 Å². The summed E-state index contributed by atoms with van der Waals surface area (Å²) in [6, 6.07) is 2.63. The molecule has 0 bridgehead atoms. The van der Waals surface area contributed by atoms with Crippen molar-refractivity contribution in [2.45, 2.75) is 12.5 Å². The van der Waals surface area contributed by atoms with Crippen molar-refractivity contribution in [2.75, 3.05) is 13.8 Å². The summed E-state index contributed by atoms with van der Waals surface area (Å²) < 4.78 is 17.0. The molecule has 0 radical (unpaired) electrons. The van der Waals surface area contributed by atoms with Gasteiger partial charge in [-0.1, -0.05) is 11.6 Å². The Bertz CT molecular complexity index is 346. The van der Waals surface area contributed by atoms with Gasteiger partial charge in [-0.2, -0.15) is 0 Å². The Kier molecular flexibility index (Phi) is 4.17. The second kappa shape index (κ2) is 5.19. The zero-order chi connectivity index (χ0) is 11.4.